The third-order valence-corrected chi connectivity index (χ3v) is 5.87. The Morgan fingerprint density at radius 2 is 1.87 bits per heavy atom. The lowest BCUT2D eigenvalue weighted by molar-refractivity contribution is -0.135. The number of hydrogen-bond donors (Lipinski definition) is 0. The second kappa shape index (κ2) is 8.78. The fourth-order valence-electron chi connectivity index (χ4n) is 4.13. The number of ketones is 1. The maximum absolute atomic E-state index is 12.7. The molecule has 2 aliphatic heterocycles. The average molecular weight is 409 g/mol. The molecule has 4 rings (SSSR count). The van der Waals surface area contributed by atoms with E-state index < -0.39 is 5.60 Å². The van der Waals surface area contributed by atoms with Crippen molar-refractivity contribution in [2.45, 2.75) is 37.7 Å². The van der Waals surface area contributed by atoms with Gasteiger partial charge in [-0.15, -0.1) is 0 Å². The molecule has 0 N–H and O–H groups in total. The summed E-state index contributed by atoms with van der Waals surface area (Å²) >= 11 is 0. The topological polar surface area (TPSA) is 65.1 Å². The summed E-state index contributed by atoms with van der Waals surface area (Å²) < 4.78 is 17.2. The van der Waals surface area contributed by atoms with E-state index in [1.54, 1.807) is 25.3 Å². The lowest BCUT2D eigenvalue weighted by Gasteiger charge is -2.44. The highest BCUT2D eigenvalue weighted by Gasteiger charge is 2.43. The second-order valence-electron chi connectivity index (χ2n) is 7.89. The van der Waals surface area contributed by atoms with Crippen molar-refractivity contribution >= 4 is 11.7 Å². The quantitative estimate of drug-likeness (QED) is 0.678. The smallest absolute Gasteiger partial charge is 0.222 e. The van der Waals surface area contributed by atoms with Crippen LogP contribution in [0.4, 0.5) is 0 Å². The van der Waals surface area contributed by atoms with Crippen molar-refractivity contribution in [1.29, 1.82) is 0 Å². The molecule has 30 heavy (non-hydrogen) atoms. The van der Waals surface area contributed by atoms with E-state index in [2.05, 4.69) is 0 Å². The summed E-state index contributed by atoms with van der Waals surface area (Å²) in [6.45, 7) is 1.72. The lowest BCUT2D eigenvalue weighted by atomic mass is 9.82. The van der Waals surface area contributed by atoms with E-state index in [-0.39, 0.29) is 11.7 Å². The summed E-state index contributed by atoms with van der Waals surface area (Å²) in [6.07, 6.45) is 2.81. The number of hydrogen-bond acceptors (Lipinski definition) is 5. The first-order valence-corrected chi connectivity index (χ1v) is 10.4. The molecule has 0 radical (unpaired) electrons. The minimum absolute atomic E-state index is 0.0942. The van der Waals surface area contributed by atoms with Crippen LogP contribution in [0.25, 0.3) is 0 Å². The van der Waals surface area contributed by atoms with Crippen LogP contribution in [-0.4, -0.2) is 49.0 Å². The minimum Gasteiger partial charge on any atom is -0.497 e. The van der Waals surface area contributed by atoms with E-state index in [9.17, 15) is 9.59 Å². The third-order valence-electron chi connectivity index (χ3n) is 5.87. The van der Waals surface area contributed by atoms with Gasteiger partial charge in [0.25, 0.3) is 0 Å². The molecule has 2 aromatic carbocycles. The van der Waals surface area contributed by atoms with Gasteiger partial charge in [-0.05, 0) is 30.7 Å². The van der Waals surface area contributed by atoms with Crippen molar-refractivity contribution in [3.8, 4) is 17.2 Å². The molecule has 0 saturated carbocycles. The summed E-state index contributed by atoms with van der Waals surface area (Å²) in [4.78, 5) is 27.1. The van der Waals surface area contributed by atoms with E-state index in [0.717, 1.165) is 5.75 Å². The Morgan fingerprint density at radius 1 is 1.10 bits per heavy atom. The van der Waals surface area contributed by atoms with Gasteiger partial charge in [0.15, 0.2) is 5.78 Å². The standard InChI is InChI=1S/C24H27NO5/c1-28-19-9-10-20-21(26)17-24(30-22(20)16-19)11-13-25(14-12-24)23(27)8-5-15-29-18-6-3-2-4-7-18/h2-4,6-7,9-10,16H,5,8,11-15,17H2,1H3. The Hall–Kier alpha value is -3.02. The van der Waals surface area contributed by atoms with Gasteiger partial charge >= 0.3 is 0 Å². The van der Waals surface area contributed by atoms with Crippen LogP contribution in [0.15, 0.2) is 48.5 Å². The molecule has 0 bridgehead atoms. The molecule has 2 heterocycles. The van der Waals surface area contributed by atoms with Crippen LogP contribution in [0.1, 0.15) is 42.5 Å². The number of carbonyl (C=O) groups is 2. The second-order valence-corrected chi connectivity index (χ2v) is 7.89. The van der Waals surface area contributed by atoms with Crippen LogP contribution in [0, 0.1) is 0 Å². The van der Waals surface area contributed by atoms with Gasteiger partial charge in [-0.3, -0.25) is 9.59 Å². The van der Waals surface area contributed by atoms with Gasteiger partial charge in [-0.25, -0.2) is 0 Å². The molecule has 2 aromatic rings. The van der Waals surface area contributed by atoms with E-state index in [4.69, 9.17) is 14.2 Å². The average Bonchev–Trinajstić information content (AvgIpc) is 2.77. The predicted octanol–water partition coefficient (Wildman–Crippen LogP) is 3.88. The number of fused-ring (bicyclic) bond motifs is 1. The molecular formula is C24H27NO5. The monoisotopic (exact) mass is 409 g/mol. The molecule has 6 heteroatoms. The van der Waals surface area contributed by atoms with Crippen molar-refractivity contribution < 1.29 is 23.8 Å². The van der Waals surface area contributed by atoms with E-state index in [1.807, 2.05) is 35.2 Å². The first-order valence-electron chi connectivity index (χ1n) is 10.4. The molecule has 1 amide bonds. The Morgan fingerprint density at radius 3 is 2.60 bits per heavy atom. The highest BCUT2D eigenvalue weighted by molar-refractivity contribution is 6.00. The Bertz CT molecular complexity index is 903. The number of nitrogens with zero attached hydrogens (tertiary/aromatic N) is 1. The van der Waals surface area contributed by atoms with Crippen molar-refractivity contribution in [3.63, 3.8) is 0 Å². The Kier molecular flexibility index (Phi) is 5.93. The van der Waals surface area contributed by atoms with E-state index in [0.29, 0.717) is 68.9 Å². The maximum Gasteiger partial charge on any atom is 0.222 e. The van der Waals surface area contributed by atoms with Crippen molar-refractivity contribution in [1.82, 2.24) is 4.90 Å². The number of amides is 1. The lowest BCUT2D eigenvalue weighted by Crippen LogP contribution is -2.52. The molecular weight excluding hydrogens is 382 g/mol. The SMILES string of the molecule is COc1ccc2c(c1)OC1(CCN(C(=O)CCCOc3ccccc3)CC1)CC2=O. The number of para-hydroxylation sites is 1. The molecule has 0 unspecified atom stereocenters. The Labute approximate surface area is 176 Å². The molecule has 158 valence electrons. The molecule has 2 aliphatic rings. The van der Waals surface area contributed by atoms with Gasteiger partial charge in [0.2, 0.25) is 5.91 Å². The summed E-state index contributed by atoms with van der Waals surface area (Å²) in [6, 6.07) is 14.9. The number of carbonyl (C=O) groups excluding carboxylic acids is 2. The van der Waals surface area contributed by atoms with Gasteiger partial charge in [0, 0.05) is 38.4 Å². The van der Waals surface area contributed by atoms with Crippen molar-refractivity contribution in [2.24, 2.45) is 0 Å². The van der Waals surface area contributed by atoms with E-state index in [1.165, 1.54) is 0 Å². The van der Waals surface area contributed by atoms with Crippen molar-refractivity contribution in [2.75, 3.05) is 26.8 Å². The fourth-order valence-corrected chi connectivity index (χ4v) is 4.13. The predicted molar refractivity (Wildman–Crippen MR) is 112 cm³/mol. The summed E-state index contributed by atoms with van der Waals surface area (Å²) in [5.41, 5.74) is 0.0854. The number of Topliss-reactive ketones (excluding diaryl/α,β-unsaturated/α-hetero) is 1. The summed E-state index contributed by atoms with van der Waals surface area (Å²) in [5, 5.41) is 0. The van der Waals surface area contributed by atoms with Crippen molar-refractivity contribution in [3.05, 3.63) is 54.1 Å². The first kappa shape index (κ1) is 20.3. The summed E-state index contributed by atoms with van der Waals surface area (Å²) in [5.74, 6) is 2.30. The molecule has 0 aliphatic carbocycles. The van der Waals surface area contributed by atoms with Gasteiger partial charge in [0.1, 0.15) is 22.8 Å². The van der Waals surface area contributed by atoms with Crippen LogP contribution in [-0.2, 0) is 4.79 Å². The van der Waals surface area contributed by atoms with Crippen LogP contribution >= 0.6 is 0 Å². The minimum atomic E-state index is -0.524. The molecule has 1 saturated heterocycles. The normalized spacial score (nSPS) is 17.2. The van der Waals surface area contributed by atoms with Gasteiger partial charge < -0.3 is 19.1 Å². The van der Waals surface area contributed by atoms with Gasteiger partial charge in [-0.1, -0.05) is 18.2 Å². The number of rotatable bonds is 6. The third kappa shape index (κ3) is 4.42. The zero-order chi connectivity index (χ0) is 21.0. The van der Waals surface area contributed by atoms with Crippen LogP contribution in [0.2, 0.25) is 0 Å². The van der Waals surface area contributed by atoms with E-state index >= 15 is 0 Å². The Balaban J connectivity index is 1.28. The van der Waals surface area contributed by atoms with Crippen LogP contribution < -0.4 is 14.2 Å². The zero-order valence-electron chi connectivity index (χ0n) is 17.3. The number of ether oxygens (including phenoxy) is 3. The molecule has 0 aromatic heterocycles. The summed E-state index contributed by atoms with van der Waals surface area (Å²) in [7, 11) is 1.59. The molecule has 6 nitrogen and oxygen atoms in total. The molecule has 1 fully saturated rings. The highest BCUT2D eigenvalue weighted by atomic mass is 16.5. The number of likely N-dealkylation sites (tertiary alicyclic amines) is 1. The molecule has 0 atom stereocenters. The maximum atomic E-state index is 12.7. The number of benzene rings is 2. The van der Waals surface area contributed by atoms with Crippen LogP contribution in [0.3, 0.4) is 0 Å². The zero-order valence-corrected chi connectivity index (χ0v) is 17.3. The number of piperidine rings is 1. The first-order chi connectivity index (χ1) is 14.6. The highest BCUT2D eigenvalue weighted by Crippen LogP contribution is 2.40. The van der Waals surface area contributed by atoms with Gasteiger partial charge in [-0.2, -0.15) is 0 Å². The number of methoxy groups -OCH3 is 1. The fraction of sp³-hybridized carbons (Fsp3) is 0.417. The largest absolute Gasteiger partial charge is 0.497 e. The molecule has 1 spiro atoms. The van der Waals surface area contributed by atoms with Crippen LogP contribution in [0.5, 0.6) is 17.2 Å². The van der Waals surface area contributed by atoms with Gasteiger partial charge in [0.05, 0.1) is 25.7 Å².